The first-order valence-electron chi connectivity index (χ1n) is 22.2. The van der Waals surface area contributed by atoms with Crippen molar-refractivity contribution in [2.24, 2.45) is 0 Å². The van der Waals surface area contributed by atoms with Crippen molar-refractivity contribution in [3.63, 3.8) is 0 Å². The molecule has 4 nitrogen and oxygen atoms in total. The van der Waals surface area contributed by atoms with Crippen LogP contribution in [0.25, 0.3) is 0 Å². The van der Waals surface area contributed by atoms with Gasteiger partial charge in [-0.25, -0.2) is 0 Å². The van der Waals surface area contributed by atoms with Crippen LogP contribution in [0.1, 0.15) is 232 Å². The van der Waals surface area contributed by atoms with E-state index in [1.807, 2.05) is 6.08 Å². The minimum atomic E-state index is -0.865. The maximum Gasteiger partial charge on any atom is 0.220 e. The van der Waals surface area contributed by atoms with E-state index >= 15 is 0 Å². The minimum Gasteiger partial charge on any atom is -0.394 e. The van der Waals surface area contributed by atoms with E-state index in [1.165, 1.54) is 167 Å². The molecule has 0 radical (unpaired) electrons. The van der Waals surface area contributed by atoms with E-state index < -0.39 is 12.1 Å². The first-order chi connectivity index (χ1) is 24.7. The Kier molecular flexibility index (Phi) is 40.9. The number of unbranched alkanes of at least 4 members (excludes halogenated alkanes) is 29. The molecule has 2 unspecified atom stereocenters. The van der Waals surface area contributed by atoms with Crippen LogP contribution in [0.5, 0.6) is 0 Å². The fraction of sp³-hybridized carbons (Fsp3) is 0.848. The summed E-state index contributed by atoms with van der Waals surface area (Å²) in [5.41, 5.74) is 0. The molecule has 50 heavy (non-hydrogen) atoms. The minimum absolute atomic E-state index is 0.0774. The molecule has 0 fully saturated rings. The first-order valence-corrected chi connectivity index (χ1v) is 22.2. The van der Waals surface area contributed by atoms with Crippen LogP contribution in [-0.2, 0) is 4.79 Å². The highest BCUT2D eigenvalue weighted by atomic mass is 16.3. The van der Waals surface area contributed by atoms with Crippen molar-refractivity contribution < 1.29 is 15.0 Å². The molecule has 0 saturated heterocycles. The van der Waals surface area contributed by atoms with Crippen LogP contribution in [0.3, 0.4) is 0 Å². The molecular formula is C46H87NO3. The van der Waals surface area contributed by atoms with Crippen LogP contribution < -0.4 is 5.32 Å². The summed E-state index contributed by atoms with van der Waals surface area (Å²) in [6.45, 7) is 4.18. The molecule has 0 saturated carbocycles. The number of rotatable bonds is 40. The predicted octanol–water partition coefficient (Wildman–Crippen LogP) is 13.8. The highest BCUT2D eigenvalue weighted by molar-refractivity contribution is 5.76. The van der Waals surface area contributed by atoms with Crippen molar-refractivity contribution in [3.8, 4) is 0 Å². The second kappa shape index (κ2) is 42.0. The van der Waals surface area contributed by atoms with Gasteiger partial charge in [0.2, 0.25) is 5.91 Å². The molecule has 1 amide bonds. The van der Waals surface area contributed by atoms with Crippen molar-refractivity contribution in [2.75, 3.05) is 6.61 Å². The van der Waals surface area contributed by atoms with E-state index in [2.05, 4.69) is 43.5 Å². The zero-order valence-corrected chi connectivity index (χ0v) is 33.7. The van der Waals surface area contributed by atoms with Crippen molar-refractivity contribution >= 4 is 5.91 Å². The lowest BCUT2D eigenvalue weighted by molar-refractivity contribution is -0.123. The summed E-state index contributed by atoms with van der Waals surface area (Å²) >= 11 is 0. The van der Waals surface area contributed by atoms with Gasteiger partial charge in [-0.05, 0) is 38.5 Å². The number of aliphatic hydroxyl groups excluding tert-OH is 2. The molecule has 0 aromatic heterocycles. The van der Waals surface area contributed by atoms with Crippen LogP contribution in [-0.4, -0.2) is 34.9 Å². The van der Waals surface area contributed by atoms with Gasteiger partial charge in [0, 0.05) is 6.42 Å². The van der Waals surface area contributed by atoms with Gasteiger partial charge in [-0.2, -0.15) is 0 Å². The summed E-state index contributed by atoms with van der Waals surface area (Å²) in [4.78, 5) is 12.3. The largest absolute Gasteiger partial charge is 0.394 e. The Morgan fingerprint density at radius 3 is 1.14 bits per heavy atom. The molecule has 0 aromatic carbocycles. The highest BCUT2D eigenvalue weighted by Crippen LogP contribution is 2.16. The second-order valence-corrected chi connectivity index (χ2v) is 15.1. The zero-order chi connectivity index (χ0) is 36.4. The molecule has 4 heteroatoms. The second-order valence-electron chi connectivity index (χ2n) is 15.1. The average molecular weight is 702 g/mol. The van der Waals surface area contributed by atoms with Gasteiger partial charge in [0.05, 0.1) is 18.8 Å². The number of carbonyl (C=O) groups is 1. The maximum atomic E-state index is 12.3. The molecule has 0 aliphatic heterocycles. The topological polar surface area (TPSA) is 69.6 Å². The molecule has 0 aliphatic carbocycles. The Labute approximate surface area is 312 Å². The van der Waals surface area contributed by atoms with Crippen LogP contribution in [0.15, 0.2) is 36.5 Å². The Bertz CT molecular complexity index is 760. The molecule has 0 aliphatic rings. The number of carbonyl (C=O) groups excluding carboxylic acids is 1. The Morgan fingerprint density at radius 2 is 0.800 bits per heavy atom. The molecule has 0 bridgehead atoms. The maximum absolute atomic E-state index is 12.3. The Morgan fingerprint density at radius 1 is 0.480 bits per heavy atom. The van der Waals surface area contributed by atoms with Crippen LogP contribution in [0, 0.1) is 0 Å². The molecule has 0 heterocycles. The van der Waals surface area contributed by atoms with Gasteiger partial charge in [0.15, 0.2) is 0 Å². The van der Waals surface area contributed by atoms with Gasteiger partial charge in [-0.15, -0.1) is 0 Å². The van der Waals surface area contributed by atoms with Gasteiger partial charge in [0.25, 0.3) is 0 Å². The summed E-state index contributed by atoms with van der Waals surface area (Å²) in [5, 5.41) is 22.8. The fourth-order valence-electron chi connectivity index (χ4n) is 6.75. The van der Waals surface area contributed by atoms with E-state index in [0.29, 0.717) is 6.42 Å². The van der Waals surface area contributed by atoms with E-state index in [-0.39, 0.29) is 12.5 Å². The molecule has 0 spiro atoms. The van der Waals surface area contributed by atoms with Crippen molar-refractivity contribution in [2.45, 2.75) is 244 Å². The summed E-state index contributed by atoms with van der Waals surface area (Å²) < 4.78 is 0. The number of hydrogen-bond acceptors (Lipinski definition) is 3. The van der Waals surface area contributed by atoms with E-state index in [0.717, 1.165) is 44.9 Å². The van der Waals surface area contributed by atoms with Gasteiger partial charge in [-0.1, -0.05) is 224 Å². The summed E-state index contributed by atoms with van der Waals surface area (Å²) in [7, 11) is 0. The lowest BCUT2D eigenvalue weighted by atomic mass is 10.0. The Hall–Kier alpha value is -1.39. The molecule has 0 rings (SSSR count). The third kappa shape index (κ3) is 37.9. The number of aliphatic hydroxyl groups is 2. The van der Waals surface area contributed by atoms with Gasteiger partial charge >= 0.3 is 0 Å². The van der Waals surface area contributed by atoms with Gasteiger partial charge in [0.1, 0.15) is 0 Å². The van der Waals surface area contributed by atoms with Crippen LogP contribution in [0.4, 0.5) is 0 Å². The molecule has 2 atom stereocenters. The molecule has 3 N–H and O–H groups in total. The highest BCUT2D eigenvalue weighted by Gasteiger charge is 2.17. The van der Waals surface area contributed by atoms with E-state index in [1.54, 1.807) is 6.08 Å². The van der Waals surface area contributed by atoms with Crippen molar-refractivity contribution in [1.82, 2.24) is 5.32 Å². The average Bonchev–Trinajstić information content (AvgIpc) is 3.12. The zero-order valence-electron chi connectivity index (χ0n) is 33.7. The monoisotopic (exact) mass is 702 g/mol. The van der Waals surface area contributed by atoms with Crippen LogP contribution >= 0.6 is 0 Å². The van der Waals surface area contributed by atoms with Crippen LogP contribution in [0.2, 0.25) is 0 Å². The molecular weight excluding hydrogens is 615 g/mol. The quantitative estimate of drug-likeness (QED) is 0.0440. The van der Waals surface area contributed by atoms with Crippen molar-refractivity contribution in [3.05, 3.63) is 36.5 Å². The smallest absolute Gasteiger partial charge is 0.220 e. The summed E-state index contributed by atoms with van der Waals surface area (Å²) in [5.74, 6) is -0.0774. The van der Waals surface area contributed by atoms with Gasteiger partial charge < -0.3 is 15.5 Å². The van der Waals surface area contributed by atoms with E-state index in [4.69, 9.17) is 0 Å². The number of hydrogen-bond donors (Lipinski definition) is 3. The Balaban J connectivity index is 3.43. The summed E-state index contributed by atoms with van der Waals surface area (Å²) in [6, 6.07) is -0.640. The van der Waals surface area contributed by atoms with Crippen molar-refractivity contribution in [1.29, 1.82) is 0 Å². The fourth-order valence-corrected chi connectivity index (χ4v) is 6.75. The summed E-state index contributed by atoms with van der Waals surface area (Å²) in [6.07, 6.45) is 55.7. The first kappa shape index (κ1) is 48.6. The molecule has 294 valence electrons. The normalized spacial score (nSPS) is 13.3. The molecule has 0 aromatic rings. The number of allylic oxidation sites excluding steroid dienone is 5. The number of nitrogens with one attached hydrogen (secondary N) is 1. The lowest BCUT2D eigenvalue weighted by Crippen LogP contribution is -2.45. The standard InChI is InChI=1S/C46H87NO3/c1-3-5-7-9-11-13-15-16-17-18-19-20-21-22-23-24-25-26-27-28-29-30-31-32-34-36-38-40-42-46(50)47-44(43-48)45(49)41-39-37-35-33-14-12-10-8-6-4-2/h6,8,14,33,39,41,44-45,48-49H,3-5,7,9-13,15-32,34-38,40,42-43H2,1-2H3,(H,47,50)/b8-6+,33-14+,41-39+. The number of amides is 1. The predicted molar refractivity (Wildman–Crippen MR) is 221 cm³/mol. The SMILES string of the molecule is CC/C=C/CC/C=C/CC/C=C/C(O)C(CO)NC(=O)CCCCCCCCCCCCCCCCCCCCCCCCCCCCCC. The van der Waals surface area contributed by atoms with E-state index in [9.17, 15) is 15.0 Å². The third-order valence-electron chi connectivity index (χ3n) is 10.1. The van der Waals surface area contributed by atoms with Gasteiger partial charge in [-0.3, -0.25) is 4.79 Å². The lowest BCUT2D eigenvalue weighted by Gasteiger charge is -2.19. The third-order valence-corrected chi connectivity index (χ3v) is 10.1.